The number of carbonyl (C=O) groups excluding carboxylic acids is 2. The number of nitrogens with two attached hydrogens (primary N) is 1. The Bertz CT molecular complexity index is 480. The molecule has 1 amide bonds. The fourth-order valence-electron chi connectivity index (χ4n) is 2.12. The Kier molecular flexibility index (Phi) is 2.42. The highest BCUT2D eigenvalue weighted by Gasteiger charge is 2.28. The Balaban J connectivity index is 2.69. The SMILES string of the molecule is CC(=O)N1CCC(=O)c2c(N)ccc(C)c21. The van der Waals surface area contributed by atoms with Gasteiger partial charge in [-0.05, 0) is 18.6 Å². The first-order valence-corrected chi connectivity index (χ1v) is 5.22. The van der Waals surface area contributed by atoms with Crippen LogP contribution in [-0.4, -0.2) is 18.2 Å². The first-order valence-electron chi connectivity index (χ1n) is 5.22. The number of Topliss-reactive ketones (excluding diaryl/α,β-unsaturated/α-hetero) is 1. The lowest BCUT2D eigenvalue weighted by Crippen LogP contribution is -2.36. The molecule has 84 valence electrons. The van der Waals surface area contributed by atoms with Crippen molar-refractivity contribution in [3.63, 3.8) is 0 Å². The quantitative estimate of drug-likeness (QED) is 0.671. The van der Waals surface area contributed by atoms with Crippen molar-refractivity contribution in [1.82, 2.24) is 0 Å². The number of ketones is 1. The first kappa shape index (κ1) is 10.7. The molecule has 0 aromatic heterocycles. The molecule has 1 aliphatic heterocycles. The van der Waals surface area contributed by atoms with Crippen LogP contribution in [0.25, 0.3) is 0 Å². The molecule has 1 aromatic carbocycles. The van der Waals surface area contributed by atoms with Gasteiger partial charge in [-0.1, -0.05) is 6.07 Å². The summed E-state index contributed by atoms with van der Waals surface area (Å²) in [6.45, 7) is 3.83. The van der Waals surface area contributed by atoms with E-state index in [4.69, 9.17) is 5.73 Å². The van der Waals surface area contributed by atoms with Crippen LogP contribution in [0.5, 0.6) is 0 Å². The van der Waals surface area contributed by atoms with Crippen LogP contribution in [0.15, 0.2) is 12.1 Å². The second-order valence-corrected chi connectivity index (χ2v) is 4.04. The summed E-state index contributed by atoms with van der Waals surface area (Å²) in [5, 5.41) is 0. The molecule has 1 heterocycles. The van der Waals surface area contributed by atoms with Crippen molar-refractivity contribution in [2.75, 3.05) is 17.2 Å². The van der Waals surface area contributed by atoms with Crippen molar-refractivity contribution in [2.45, 2.75) is 20.3 Å². The molecule has 0 saturated heterocycles. The van der Waals surface area contributed by atoms with Crippen molar-refractivity contribution in [1.29, 1.82) is 0 Å². The number of amides is 1. The predicted octanol–water partition coefficient (Wildman–Crippen LogP) is 1.52. The molecule has 4 heteroatoms. The summed E-state index contributed by atoms with van der Waals surface area (Å²) in [4.78, 5) is 24.9. The number of nitrogens with zero attached hydrogens (tertiary/aromatic N) is 1. The van der Waals surface area contributed by atoms with Crippen LogP contribution in [0.4, 0.5) is 11.4 Å². The minimum absolute atomic E-state index is 0.0219. The number of benzene rings is 1. The molecule has 0 fully saturated rings. The molecule has 4 nitrogen and oxygen atoms in total. The third kappa shape index (κ3) is 1.46. The smallest absolute Gasteiger partial charge is 0.223 e. The largest absolute Gasteiger partial charge is 0.398 e. The molecule has 0 saturated carbocycles. The first-order chi connectivity index (χ1) is 7.52. The summed E-state index contributed by atoms with van der Waals surface area (Å²) in [6.07, 6.45) is 0.347. The summed E-state index contributed by atoms with van der Waals surface area (Å²) >= 11 is 0. The van der Waals surface area contributed by atoms with Crippen LogP contribution in [0.1, 0.15) is 29.3 Å². The summed E-state index contributed by atoms with van der Waals surface area (Å²) in [6, 6.07) is 3.55. The van der Waals surface area contributed by atoms with Gasteiger partial charge in [0.25, 0.3) is 0 Å². The zero-order chi connectivity index (χ0) is 11.9. The van der Waals surface area contributed by atoms with Crippen molar-refractivity contribution in [2.24, 2.45) is 0 Å². The van der Waals surface area contributed by atoms with E-state index in [2.05, 4.69) is 0 Å². The van der Waals surface area contributed by atoms with E-state index in [0.29, 0.717) is 29.9 Å². The minimum atomic E-state index is -0.0533. The molecule has 0 bridgehead atoms. The Morgan fingerprint density at radius 1 is 1.44 bits per heavy atom. The van der Waals surface area contributed by atoms with Gasteiger partial charge in [0.1, 0.15) is 0 Å². The summed E-state index contributed by atoms with van der Waals surface area (Å²) in [7, 11) is 0. The van der Waals surface area contributed by atoms with E-state index in [1.807, 2.05) is 13.0 Å². The highest BCUT2D eigenvalue weighted by molar-refractivity contribution is 6.12. The van der Waals surface area contributed by atoms with Gasteiger partial charge in [-0.25, -0.2) is 0 Å². The molecule has 0 radical (unpaired) electrons. The molecule has 1 aromatic rings. The van der Waals surface area contributed by atoms with Crippen molar-refractivity contribution in [3.05, 3.63) is 23.3 Å². The van der Waals surface area contributed by atoms with Crippen molar-refractivity contribution >= 4 is 23.1 Å². The van der Waals surface area contributed by atoms with Crippen LogP contribution in [0, 0.1) is 6.92 Å². The number of hydrogen-bond donors (Lipinski definition) is 1. The third-order valence-corrected chi connectivity index (χ3v) is 2.90. The van der Waals surface area contributed by atoms with Gasteiger partial charge < -0.3 is 10.6 Å². The maximum Gasteiger partial charge on any atom is 0.223 e. The van der Waals surface area contributed by atoms with E-state index in [1.165, 1.54) is 6.92 Å². The fourth-order valence-corrected chi connectivity index (χ4v) is 2.12. The second kappa shape index (κ2) is 3.63. The second-order valence-electron chi connectivity index (χ2n) is 4.04. The van der Waals surface area contributed by atoms with Crippen LogP contribution in [-0.2, 0) is 4.79 Å². The molecular formula is C12H14N2O2. The summed E-state index contributed by atoms with van der Waals surface area (Å²) in [5.41, 5.74) is 8.35. The molecule has 0 atom stereocenters. The monoisotopic (exact) mass is 218 g/mol. The Morgan fingerprint density at radius 3 is 2.75 bits per heavy atom. The normalized spacial score (nSPS) is 14.9. The van der Waals surface area contributed by atoms with Crippen LogP contribution >= 0.6 is 0 Å². The maximum atomic E-state index is 11.8. The topological polar surface area (TPSA) is 63.4 Å². The lowest BCUT2D eigenvalue weighted by molar-refractivity contribution is -0.116. The zero-order valence-electron chi connectivity index (χ0n) is 9.41. The van der Waals surface area contributed by atoms with E-state index >= 15 is 0 Å². The fraction of sp³-hybridized carbons (Fsp3) is 0.333. The Labute approximate surface area is 94.0 Å². The molecule has 2 rings (SSSR count). The molecule has 16 heavy (non-hydrogen) atoms. The van der Waals surface area contributed by atoms with Gasteiger partial charge in [-0.3, -0.25) is 9.59 Å². The summed E-state index contributed by atoms with van der Waals surface area (Å²) < 4.78 is 0. The molecular weight excluding hydrogens is 204 g/mol. The van der Waals surface area contributed by atoms with Gasteiger partial charge in [0.2, 0.25) is 5.91 Å². The lowest BCUT2D eigenvalue weighted by atomic mass is 9.95. The molecule has 2 N–H and O–H groups in total. The number of carbonyl (C=O) groups is 2. The Hall–Kier alpha value is -1.84. The van der Waals surface area contributed by atoms with Crippen LogP contribution in [0.3, 0.4) is 0 Å². The van der Waals surface area contributed by atoms with Crippen LogP contribution in [0.2, 0.25) is 0 Å². The highest BCUT2D eigenvalue weighted by Crippen LogP contribution is 2.34. The average Bonchev–Trinajstić information content (AvgIpc) is 2.23. The number of aryl methyl sites for hydroxylation is 1. The average molecular weight is 218 g/mol. The summed E-state index contributed by atoms with van der Waals surface area (Å²) in [5.74, 6) is -0.0313. The van der Waals surface area contributed by atoms with Crippen molar-refractivity contribution < 1.29 is 9.59 Å². The minimum Gasteiger partial charge on any atom is -0.398 e. The third-order valence-electron chi connectivity index (χ3n) is 2.90. The highest BCUT2D eigenvalue weighted by atomic mass is 16.2. The Morgan fingerprint density at radius 2 is 2.12 bits per heavy atom. The number of fused-ring (bicyclic) bond motifs is 1. The maximum absolute atomic E-state index is 11.8. The number of rotatable bonds is 0. The van der Waals surface area contributed by atoms with Gasteiger partial charge in [-0.2, -0.15) is 0 Å². The zero-order valence-corrected chi connectivity index (χ0v) is 9.41. The van der Waals surface area contributed by atoms with Gasteiger partial charge >= 0.3 is 0 Å². The van der Waals surface area contributed by atoms with Crippen molar-refractivity contribution in [3.8, 4) is 0 Å². The van der Waals surface area contributed by atoms with E-state index in [-0.39, 0.29) is 11.7 Å². The standard InChI is InChI=1S/C12H14N2O2/c1-7-3-4-9(13)11-10(16)5-6-14(8(2)15)12(7)11/h3-4H,5-6,13H2,1-2H3. The molecule has 1 aliphatic rings. The number of nitrogen functional groups attached to an aromatic ring is 1. The molecule has 0 unspecified atom stereocenters. The number of anilines is 2. The van der Waals surface area contributed by atoms with E-state index in [1.54, 1.807) is 11.0 Å². The lowest BCUT2D eigenvalue weighted by Gasteiger charge is -2.30. The van der Waals surface area contributed by atoms with Gasteiger partial charge in [0.15, 0.2) is 5.78 Å². The predicted molar refractivity (Wildman–Crippen MR) is 62.6 cm³/mol. The van der Waals surface area contributed by atoms with E-state index in [0.717, 1.165) is 5.56 Å². The van der Waals surface area contributed by atoms with Gasteiger partial charge in [0, 0.05) is 25.6 Å². The molecule has 0 spiro atoms. The van der Waals surface area contributed by atoms with Gasteiger partial charge in [0.05, 0.1) is 11.3 Å². The van der Waals surface area contributed by atoms with E-state index < -0.39 is 0 Å². The van der Waals surface area contributed by atoms with Gasteiger partial charge in [-0.15, -0.1) is 0 Å². The van der Waals surface area contributed by atoms with E-state index in [9.17, 15) is 9.59 Å². The molecule has 0 aliphatic carbocycles. The van der Waals surface area contributed by atoms with Crippen LogP contribution < -0.4 is 10.6 Å². The number of hydrogen-bond acceptors (Lipinski definition) is 3.